The molecule has 0 atom stereocenters. The number of hydrogen-bond donors (Lipinski definition) is 0. The summed E-state index contributed by atoms with van der Waals surface area (Å²) in [5, 5.41) is 3.14. The van der Waals surface area contributed by atoms with E-state index in [1.54, 1.807) is 6.20 Å². The zero-order valence-corrected chi connectivity index (χ0v) is 17.1. The van der Waals surface area contributed by atoms with Crippen LogP contribution in [0.2, 0.25) is 0 Å². The van der Waals surface area contributed by atoms with Crippen LogP contribution >= 0.6 is 0 Å². The van der Waals surface area contributed by atoms with Gasteiger partial charge in [-0.2, -0.15) is 0 Å². The number of rotatable bonds is 2. The third-order valence-electron chi connectivity index (χ3n) is 5.90. The van der Waals surface area contributed by atoms with E-state index in [0.29, 0.717) is 5.56 Å². The van der Waals surface area contributed by atoms with Crippen molar-refractivity contribution in [3.8, 4) is 11.3 Å². The Bertz CT molecular complexity index is 1220. The number of carbonyl (C=O) groups excluding carboxylic acids is 1. The third kappa shape index (κ3) is 3.42. The van der Waals surface area contributed by atoms with Gasteiger partial charge in [-0.25, -0.2) is 4.98 Å². The zero-order valence-electron chi connectivity index (χ0n) is 17.1. The largest absolute Gasteiger partial charge is 0.337 e. The molecule has 2 aromatic carbocycles. The Kier molecular flexibility index (Phi) is 4.89. The Morgan fingerprint density at radius 1 is 0.900 bits per heavy atom. The van der Waals surface area contributed by atoms with E-state index in [2.05, 4.69) is 29.1 Å². The van der Waals surface area contributed by atoms with Gasteiger partial charge in [-0.15, -0.1) is 0 Å². The highest BCUT2D eigenvalue weighted by Crippen LogP contribution is 2.32. The fourth-order valence-electron chi connectivity index (χ4n) is 4.23. The van der Waals surface area contributed by atoms with Gasteiger partial charge in [0.05, 0.1) is 11.2 Å². The quantitative estimate of drug-likeness (QED) is 0.476. The predicted octanol–water partition coefficient (Wildman–Crippen LogP) is 4.23. The summed E-state index contributed by atoms with van der Waals surface area (Å²) < 4.78 is 0. The van der Waals surface area contributed by atoms with Gasteiger partial charge >= 0.3 is 0 Å². The minimum Gasteiger partial charge on any atom is -0.337 e. The molecule has 0 aliphatic carbocycles. The lowest BCUT2D eigenvalue weighted by molar-refractivity contribution is 0.0763. The minimum absolute atomic E-state index is 0.0848. The Hall–Kier alpha value is -3.31. The second kappa shape index (κ2) is 7.84. The molecule has 1 aliphatic heterocycles. The van der Waals surface area contributed by atoms with E-state index in [0.717, 1.165) is 65.5 Å². The number of aromatic nitrogens is 2. The van der Waals surface area contributed by atoms with Gasteiger partial charge in [-0.3, -0.25) is 9.78 Å². The van der Waals surface area contributed by atoms with Crippen LogP contribution in [-0.2, 0) is 0 Å². The Morgan fingerprint density at radius 3 is 2.63 bits per heavy atom. The van der Waals surface area contributed by atoms with E-state index in [-0.39, 0.29) is 5.91 Å². The molecule has 1 aliphatic rings. The molecule has 0 saturated carbocycles. The third-order valence-corrected chi connectivity index (χ3v) is 5.90. The molecular formula is C25H24N4O. The van der Waals surface area contributed by atoms with Crippen LogP contribution in [0, 0.1) is 0 Å². The summed E-state index contributed by atoms with van der Waals surface area (Å²) in [5.74, 6) is 0.0848. The normalized spacial score (nSPS) is 15.4. The summed E-state index contributed by atoms with van der Waals surface area (Å²) in [6.45, 7) is 3.50. The molecule has 1 fully saturated rings. The summed E-state index contributed by atoms with van der Waals surface area (Å²) in [5.41, 5.74) is 3.50. The van der Waals surface area contributed by atoms with Crippen molar-refractivity contribution in [2.75, 3.05) is 33.2 Å². The van der Waals surface area contributed by atoms with Gasteiger partial charge in [0.15, 0.2) is 0 Å². The number of hydrogen-bond acceptors (Lipinski definition) is 4. The number of nitrogens with zero attached hydrogens (tertiary/aromatic N) is 4. The van der Waals surface area contributed by atoms with Crippen molar-refractivity contribution in [2.45, 2.75) is 6.42 Å². The van der Waals surface area contributed by atoms with Crippen LogP contribution in [0.25, 0.3) is 32.9 Å². The van der Waals surface area contributed by atoms with Crippen LogP contribution < -0.4 is 0 Å². The zero-order chi connectivity index (χ0) is 20.5. The summed E-state index contributed by atoms with van der Waals surface area (Å²) in [6.07, 6.45) is 4.69. The molecule has 0 unspecified atom stereocenters. The van der Waals surface area contributed by atoms with Gasteiger partial charge in [-0.05, 0) is 38.2 Å². The summed E-state index contributed by atoms with van der Waals surface area (Å²) in [4.78, 5) is 26.8. The fraction of sp³-hybridized carbons (Fsp3) is 0.240. The van der Waals surface area contributed by atoms with E-state index in [9.17, 15) is 4.79 Å². The van der Waals surface area contributed by atoms with Crippen LogP contribution in [0.5, 0.6) is 0 Å². The second-order valence-corrected chi connectivity index (χ2v) is 7.93. The highest BCUT2D eigenvalue weighted by Gasteiger charge is 2.20. The summed E-state index contributed by atoms with van der Waals surface area (Å²) >= 11 is 0. The van der Waals surface area contributed by atoms with Gasteiger partial charge in [-0.1, -0.05) is 36.4 Å². The molecule has 1 saturated heterocycles. The van der Waals surface area contributed by atoms with E-state index in [1.165, 1.54) is 0 Å². The monoisotopic (exact) mass is 396 g/mol. The Morgan fingerprint density at radius 2 is 1.77 bits per heavy atom. The van der Waals surface area contributed by atoms with E-state index < -0.39 is 0 Å². The first-order valence-corrected chi connectivity index (χ1v) is 10.4. The first-order chi connectivity index (χ1) is 14.7. The Labute approximate surface area is 176 Å². The number of carbonyl (C=O) groups is 1. The topological polar surface area (TPSA) is 49.3 Å². The lowest BCUT2D eigenvalue weighted by Gasteiger charge is -2.21. The molecule has 5 nitrogen and oxygen atoms in total. The van der Waals surface area contributed by atoms with Crippen LogP contribution in [-0.4, -0.2) is 58.9 Å². The van der Waals surface area contributed by atoms with Crippen molar-refractivity contribution >= 4 is 27.6 Å². The van der Waals surface area contributed by atoms with Crippen molar-refractivity contribution in [2.24, 2.45) is 0 Å². The summed E-state index contributed by atoms with van der Waals surface area (Å²) in [7, 11) is 2.11. The van der Waals surface area contributed by atoms with Crippen LogP contribution in [0.15, 0.2) is 67.0 Å². The van der Waals surface area contributed by atoms with Crippen molar-refractivity contribution in [3.63, 3.8) is 0 Å². The smallest absolute Gasteiger partial charge is 0.253 e. The van der Waals surface area contributed by atoms with E-state index in [4.69, 9.17) is 4.98 Å². The molecule has 3 heterocycles. The van der Waals surface area contributed by atoms with Crippen LogP contribution in [0.1, 0.15) is 16.8 Å². The molecule has 0 spiro atoms. The molecular weight excluding hydrogens is 372 g/mol. The Balaban J connectivity index is 1.62. The van der Waals surface area contributed by atoms with E-state index >= 15 is 0 Å². The van der Waals surface area contributed by atoms with E-state index in [1.807, 2.05) is 53.6 Å². The predicted molar refractivity (Wildman–Crippen MR) is 120 cm³/mol. The van der Waals surface area contributed by atoms with Gasteiger partial charge in [0.25, 0.3) is 5.91 Å². The van der Waals surface area contributed by atoms with Crippen molar-refractivity contribution in [1.82, 2.24) is 19.8 Å². The molecule has 150 valence electrons. The number of pyridine rings is 2. The first kappa shape index (κ1) is 18.7. The molecule has 5 heteroatoms. The van der Waals surface area contributed by atoms with Gasteiger partial charge in [0.2, 0.25) is 0 Å². The molecule has 0 radical (unpaired) electrons. The van der Waals surface area contributed by atoms with Gasteiger partial charge in [0.1, 0.15) is 0 Å². The molecule has 5 rings (SSSR count). The SMILES string of the molecule is CN1CCCN(C(=O)c2ccc3c(c2)nc(-c2ccccc2)c2ccncc23)CC1. The fourth-order valence-corrected chi connectivity index (χ4v) is 4.23. The lowest BCUT2D eigenvalue weighted by atomic mass is 10.0. The number of likely N-dealkylation sites (N-methyl/N-ethyl adjacent to an activating group) is 1. The van der Waals surface area contributed by atoms with Crippen LogP contribution in [0.4, 0.5) is 0 Å². The molecule has 0 bridgehead atoms. The molecule has 2 aromatic heterocycles. The maximum atomic E-state index is 13.2. The maximum absolute atomic E-state index is 13.2. The minimum atomic E-state index is 0.0848. The van der Waals surface area contributed by atoms with Gasteiger partial charge in [0, 0.05) is 59.3 Å². The molecule has 30 heavy (non-hydrogen) atoms. The molecule has 4 aromatic rings. The lowest BCUT2D eigenvalue weighted by Crippen LogP contribution is -2.34. The number of amides is 1. The highest BCUT2D eigenvalue weighted by molar-refractivity contribution is 6.11. The average molecular weight is 396 g/mol. The molecule has 1 amide bonds. The maximum Gasteiger partial charge on any atom is 0.253 e. The van der Waals surface area contributed by atoms with Crippen LogP contribution in [0.3, 0.4) is 0 Å². The number of fused-ring (bicyclic) bond motifs is 3. The first-order valence-electron chi connectivity index (χ1n) is 10.4. The van der Waals surface area contributed by atoms with Crippen molar-refractivity contribution in [1.29, 1.82) is 0 Å². The van der Waals surface area contributed by atoms with Gasteiger partial charge < -0.3 is 9.80 Å². The van der Waals surface area contributed by atoms with Crippen molar-refractivity contribution in [3.05, 3.63) is 72.6 Å². The number of benzene rings is 2. The highest BCUT2D eigenvalue weighted by atomic mass is 16.2. The van der Waals surface area contributed by atoms with Crippen molar-refractivity contribution < 1.29 is 4.79 Å². The average Bonchev–Trinajstić information content (AvgIpc) is 3.02. The second-order valence-electron chi connectivity index (χ2n) is 7.93. The summed E-state index contributed by atoms with van der Waals surface area (Å²) in [6, 6.07) is 18.1. The standard InChI is InChI=1S/C25H24N4O/c1-28-12-5-13-29(15-14-28)25(30)19-8-9-20-22-17-26-11-10-21(22)24(27-23(20)16-19)18-6-3-2-4-7-18/h2-4,6-11,16-17H,5,12-15H2,1H3. The molecule has 0 N–H and O–H groups in total.